The van der Waals surface area contributed by atoms with Crippen LogP contribution in [0.5, 0.6) is 0 Å². The molecule has 0 saturated heterocycles. The number of allylic oxidation sites excluding steroid dienone is 4. The number of anilines is 2. The molecule has 2 aromatic heterocycles. The van der Waals surface area contributed by atoms with Crippen LogP contribution in [0.2, 0.25) is 0 Å². The van der Waals surface area contributed by atoms with Crippen molar-refractivity contribution in [1.29, 1.82) is 0 Å². The Kier molecular flexibility index (Phi) is 5.87. The Morgan fingerprint density at radius 1 is 1.27 bits per heavy atom. The second-order valence-corrected chi connectivity index (χ2v) is 7.22. The molecule has 2 aromatic rings. The van der Waals surface area contributed by atoms with Crippen molar-refractivity contribution in [2.45, 2.75) is 18.8 Å². The predicted molar refractivity (Wildman–Crippen MR) is 103 cm³/mol. The van der Waals surface area contributed by atoms with Gasteiger partial charge in [-0.25, -0.2) is 9.37 Å². The Labute approximate surface area is 171 Å². The van der Waals surface area contributed by atoms with Gasteiger partial charge in [0.25, 0.3) is 5.91 Å². The minimum atomic E-state index is -4.73. The zero-order valence-electron chi connectivity index (χ0n) is 15.1. The maximum atomic E-state index is 14.4. The Balaban J connectivity index is 1.73. The van der Waals surface area contributed by atoms with E-state index in [1.54, 1.807) is 0 Å². The summed E-state index contributed by atoms with van der Waals surface area (Å²) >= 11 is 0.919. The Hall–Kier alpha value is -3.28. The number of nitrogens with two attached hydrogens (primary N) is 2. The van der Waals surface area contributed by atoms with Gasteiger partial charge in [0.1, 0.15) is 12.1 Å². The van der Waals surface area contributed by atoms with Crippen molar-refractivity contribution >= 4 is 39.5 Å². The average molecular weight is 441 g/mol. The summed E-state index contributed by atoms with van der Waals surface area (Å²) in [5.41, 5.74) is 10.9. The first-order valence-corrected chi connectivity index (χ1v) is 9.33. The highest BCUT2D eigenvalue weighted by Gasteiger charge is 2.46. The minimum Gasteiger partial charge on any atom is -0.397 e. The Morgan fingerprint density at radius 2 is 2.00 bits per heavy atom. The summed E-state index contributed by atoms with van der Waals surface area (Å²) < 4.78 is 53.2. The lowest BCUT2D eigenvalue weighted by Crippen LogP contribution is -2.32. The molecule has 3 rings (SSSR count). The van der Waals surface area contributed by atoms with Crippen LogP contribution < -0.4 is 16.8 Å². The normalized spacial score (nSPS) is 18.7. The van der Waals surface area contributed by atoms with E-state index in [1.165, 1.54) is 23.8 Å². The molecule has 12 heteroatoms. The maximum Gasteiger partial charge on any atom is 0.398 e. The summed E-state index contributed by atoms with van der Waals surface area (Å²) in [6, 6.07) is 0. The van der Waals surface area contributed by atoms with Gasteiger partial charge in [0.05, 0.1) is 29.6 Å². The molecule has 158 valence electrons. The topological polar surface area (TPSA) is 124 Å². The number of nitrogen functional groups attached to an aromatic ring is 1. The molecule has 0 bridgehead atoms. The third-order valence-corrected chi connectivity index (χ3v) is 5.04. The van der Waals surface area contributed by atoms with Gasteiger partial charge < -0.3 is 16.8 Å². The molecule has 5 N–H and O–H groups in total. The highest BCUT2D eigenvalue weighted by atomic mass is 32.1. The molecule has 0 aliphatic heterocycles. The zero-order valence-corrected chi connectivity index (χ0v) is 15.9. The van der Waals surface area contributed by atoms with Crippen LogP contribution in [0.3, 0.4) is 0 Å². The number of alkyl halides is 4. The van der Waals surface area contributed by atoms with E-state index in [9.17, 15) is 27.2 Å². The first kappa shape index (κ1) is 21.4. The van der Waals surface area contributed by atoms with Crippen LogP contribution in [0.25, 0.3) is 5.57 Å². The highest BCUT2D eigenvalue weighted by Crippen LogP contribution is 2.40. The van der Waals surface area contributed by atoms with Crippen LogP contribution >= 0.6 is 11.3 Å². The van der Waals surface area contributed by atoms with Gasteiger partial charge in [-0.1, -0.05) is 18.2 Å². The molecule has 30 heavy (non-hydrogen) atoms. The summed E-state index contributed by atoms with van der Waals surface area (Å²) in [5.74, 6) is -3.67. The molecule has 0 spiro atoms. The van der Waals surface area contributed by atoms with Gasteiger partial charge in [0, 0.05) is 17.2 Å². The van der Waals surface area contributed by atoms with Crippen LogP contribution in [-0.2, 0) is 11.2 Å². The number of carbonyl (C=O) groups is 2. The van der Waals surface area contributed by atoms with E-state index in [4.69, 9.17) is 11.5 Å². The summed E-state index contributed by atoms with van der Waals surface area (Å²) in [5, 5.41) is 3.85. The molecule has 0 fully saturated rings. The summed E-state index contributed by atoms with van der Waals surface area (Å²) in [7, 11) is 0. The van der Waals surface area contributed by atoms with Crippen molar-refractivity contribution in [3.8, 4) is 0 Å². The SMILES string of the molecule is NC(=O)c1c(N)cncc1CC(=O)Nc1nc(C2=CC=CC(C(F)(F)F)C2F)cs1. The van der Waals surface area contributed by atoms with Gasteiger partial charge in [-0.15, -0.1) is 11.3 Å². The molecular weight excluding hydrogens is 426 g/mol. The fraction of sp³-hybridized carbons (Fsp3) is 0.222. The molecule has 2 unspecified atom stereocenters. The quantitative estimate of drug-likeness (QED) is 0.616. The van der Waals surface area contributed by atoms with Gasteiger partial charge in [0.15, 0.2) is 5.13 Å². The number of halogens is 4. The number of nitrogens with one attached hydrogen (secondary N) is 1. The second-order valence-electron chi connectivity index (χ2n) is 6.37. The number of hydrogen-bond donors (Lipinski definition) is 3. The lowest BCUT2D eigenvalue weighted by molar-refractivity contribution is -0.170. The first-order valence-electron chi connectivity index (χ1n) is 8.45. The number of hydrogen-bond acceptors (Lipinski definition) is 6. The van der Waals surface area contributed by atoms with Gasteiger partial charge >= 0.3 is 6.18 Å². The number of rotatable bonds is 5. The lowest BCUT2D eigenvalue weighted by atomic mass is 9.90. The Bertz CT molecular complexity index is 1050. The third-order valence-electron chi connectivity index (χ3n) is 4.28. The van der Waals surface area contributed by atoms with Crippen LogP contribution in [0.4, 0.5) is 28.4 Å². The van der Waals surface area contributed by atoms with Gasteiger partial charge in [0.2, 0.25) is 5.91 Å². The lowest BCUT2D eigenvalue weighted by Gasteiger charge is -2.24. The smallest absolute Gasteiger partial charge is 0.397 e. The predicted octanol–water partition coefficient (Wildman–Crippen LogP) is 2.87. The highest BCUT2D eigenvalue weighted by molar-refractivity contribution is 7.14. The molecule has 1 aliphatic carbocycles. The van der Waals surface area contributed by atoms with Crippen LogP contribution in [-0.4, -0.2) is 34.1 Å². The van der Waals surface area contributed by atoms with Crippen LogP contribution in [0.1, 0.15) is 21.6 Å². The maximum absolute atomic E-state index is 14.4. The molecular formula is C18H15F4N5O2S. The van der Waals surface area contributed by atoms with E-state index in [0.29, 0.717) is 0 Å². The van der Waals surface area contributed by atoms with Crippen molar-refractivity contribution < 1.29 is 27.2 Å². The zero-order chi connectivity index (χ0) is 22.1. The third kappa shape index (κ3) is 4.48. The van der Waals surface area contributed by atoms with E-state index in [1.807, 2.05) is 0 Å². The molecule has 0 saturated carbocycles. The van der Waals surface area contributed by atoms with Gasteiger partial charge in [-0.3, -0.25) is 14.6 Å². The van der Waals surface area contributed by atoms with E-state index < -0.39 is 30.1 Å². The first-order chi connectivity index (χ1) is 14.1. The van der Waals surface area contributed by atoms with E-state index >= 15 is 0 Å². The van der Waals surface area contributed by atoms with Crippen molar-refractivity contribution in [3.05, 3.63) is 52.8 Å². The molecule has 2 atom stereocenters. The van der Waals surface area contributed by atoms with Crippen molar-refractivity contribution in [1.82, 2.24) is 9.97 Å². The molecule has 7 nitrogen and oxygen atoms in total. The van der Waals surface area contributed by atoms with E-state index in [-0.39, 0.29) is 39.6 Å². The van der Waals surface area contributed by atoms with Crippen LogP contribution in [0, 0.1) is 5.92 Å². The monoisotopic (exact) mass is 441 g/mol. The van der Waals surface area contributed by atoms with Gasteiger partial charge in [-0.05, 0) is 5.56 Å². The fourth-order valence-corrected chi connectivity index (χ4v) is 3.66. The molecule has 1 aliphatic rings. The van der Waals surface area contributed by atoms with E-state index in [2.05, 4.69) is 15.3 Å². The fourth-order valence-electron chi connectivity index (χ4n) is 2.92. The van der Waals surface area contributed by atoms with E-state index in [0.717, 1.165) is 23.5 Å². The average Bonchev–Trinajstić information content (AvgIpc) is 3.08. The summed E-state index contributed by atoms with van der Waals surface area (Å²) in [4.78, 5) is 31.6. The van der Waals surface area contributed by atoms with Crippen molar-refractivity contribution in [3.63, 3.8) is 0 Å². The van der Waals surface area contributed by atoms with Crippen molar-refractivity contribution in [2.75, 3.05) is 11.1 Å². The molecule has 2 amide bonds. The number of thiazole rings is 1. The Morgan fingerprint density at radius 3 is 2.67 bits per heavy atom. The number of amides is 2. The number of carbonyl (C=O) groups excluding carboxylic acids is 2. The number of primary amides is 1. The second kappa shape index (κ2) is 8.22. The summed E-state index contributed by atoms with van der Waals surface area (Å²) in [6.45, 7) is 0. The minimum absolute atomic E-state index is 0.00940. The number of pyridine rings is 1. The molecule has 0 radical (unpaired) electrons. The number of aromatic nitrogens is 2. The van der Waals surface area contributed by atoms with Gasteiger partial charge in [-0.2, -0.15) is 13.2 Å². The molecule has 2 heterocycles. The number of nitrogens with zero attached hydrogens (tertiary/aromatic N) is 2. The molecule has 0 aromatic carbocycles. The standard InChI is InChI=1S/C18H15F4N5O2S/c19-15-9(2-1-3-10(15)18(20,21)22)12-7-30-17(26-12)27-13(28)4-8-5-25-6-11(23)14(8)16(24)29/h1-3,5-7,10,15H,4,23H2,(H2,24,29)(H,26,27,28). The summed E-state index contributed by atoms with van der Waals surface area (Å²) in [6.07, 6.45) is -1.75. The van der Waals surface area contributed by atoms with Crippen molar-refractivity contribution in [2.24, 2.45) is 11.7 Å². The van der Waals surface area contributed by atoms with Crippen LogP contribution in [0.15, 0.2) is 36.0 Å². The largest absolute Gasteiger partial charge is 0.398 e.